The summed E-state index contributed by atoms with van der Waals surface area (Å²) in [5.74, 6) is 0. The van der Waals surface area contributed by atoms with E-state index in [9.17, 15) is 4.79 Å². The van der Waals surface area contributed by atoms with Crippen LogP contribution in [0.3, 0.4) is 0 Å². The van der Waals surface area contributed by atoms with Gasteiger partial charge in [-0.05, 0) is 25.0 Å². The predicted octanol–water partition coefficient (Wildman–Crippen LogP) is 3.37. The molecule has 82 valence electrons. The zero-order chi connectivity index (χ0) is 11.5. The third-order valence-electron chi connectivity index (χ3n) is 2.73. The standard InChI is InChI=1S/C14H15NO/c1-3-12-8-13(14(9-16)15-12)11-6-4-5-10(2)7-11/h4-9,15H,3H2,1-2H3. The first-order chi connectivity index (χ1) is 7.74. The molecule has 0 saturated carbocycles. The van der Waals surface area contributed by atoms with Gasteiger partial charge >= 0.3 is 0 Å². The largest absolute Gasteiger partial charge is 0.356 e. The summed E-state index contributed by atoms with van der Waals surface area (Å²) in [5.41, 5.74) is 5.06. The first-order valence-corrected chi connectivity index (χ1v) is 5.48. The van der Waals surface area contributed by atoms with Crippen LogP contribution in [-0.4, -0.2) is 11.3 Å². The second-order valence-electron chi connectivity index (χ2n) is 3.96. The first-order valence-electron chi connectivity index (χ1n) is 5.48. The van der Waals surface area contributed by atoms with Crippen LogP contribution in [0.15, 0.2) is 30.3 Å². The lowest BCUT2D eigenvalue weighted by atomic mass is 10.0. The van der Waals surface area contributed by atoms with Gasteiger partial charge in [0.15, 0.2) is 6.29 Å². The van der Waals surface area contributed by atoms with E-state index in [0.29, 0.717) is 5.69 Å². The van der Waals surface area contributed by atoms with Crippen molar-refractivity contribution in [2.45, 2.75) is 20.3 Å². The molecular weight excluding hydrogens is 198 g/mol. The molecule has 1 heterocycles. The molecule has 0 bridgehead atoms. The SMILES string of the molecule is CCc1cc(-c2cccc(C)c2)c(C=O)[nH]1. The van der Waals surface area contributed by atoms with Crippen molar-refractivity contribution in [3.05, 3.63) is 47.3 Å². The van der Waals surface area contributed by atoms with Crippen LogP contribution in [0.4, 0.5) is 0 Å². The van der Waals surface area contributed by atoms with E-state index in [4.69, 9.17) is 0 Å². The highest BCUT2D eigenvalue weighted by atomic mass is 16.1. The minimum atomic E-state index is 0.669. The summed E-state index contributed by atoms with van der Waals surface area (Å²) >= 11 is 0. The average Bonchev–Trinajstić information content (AvgIpc) is 2.72. The summed E-state index contributed by atoms with van der Waals surface area (Å²) in [6.45, 7) is 4.12. The number of carbonyl (C=O) groups is 1. The quantitative estimate of drug-likeness (QED) is 0.779. The van der Waals surface area contributed by atoms with Crippen LogP contribution in [-0.2, 0) is 6.42 Å². The molecule has 2 rings (SSSR count). The molecule has 1 aromatic heterocycles. The molecular formula is C14H15NO. The minimum Gasteiger partial charge on any atom is -0.356 e. The fourth-order valence-electron chi connectivity index (χ4n) is 1.86. The number of nitrogens with one attached hydrogen (secondary N) is 1. The van der Waals surface area contributed by atoms with Gasteiger partial charge in [0.25, 0.3) is 0 Å². The van der Waals surface area contributed by atoms with Gasteiger partial charge < -0.3 is 4.98 Å². The van der Waals surface area contributed by atoms with Crippen molar-refractivity contribution in [3.8, 4) is 11.1 Å². The van der Waals surface area contributed by atoms with Crippen molar-refractivity contribution in [3.63, 3.8) is 0 Å². The van der Waals surface area contributed by atoms with Gasteiger partial charge in [0.05, 0.1) is 5.69 Å². The van der Waals surface area contributed by atoms with E-state index in [1.807, 2.05) is 12.1 Å². The van der Waals surface area contributed by atoms with Gasteiger partial charge in [-0.15, -0.1) is 0 Å². The van der Waals surface area contributed by atoms with Gasteiger partial charge in [0.2, 0.25) is 0 Å². The fraction of sp³-hybridized carbons (Fsp3) is 0.214. The highest BCUT2D eigenvalue weighted by Crippen LogP contribution is 2.24. The van der Waals surface area contributed by atoms with Gasteiger partial charge in [-0.3, -0.25) is 4.79 Å². The average molecular weight is 213 g/mol. The van der Waals surface area contributed by atoms with Crippen LogP contribution in [0.2, 0.25) is 0 Å². The molecule has 0 saturated heterocycles. The van der Waals surface area contributed by atoms with Crippen molar-refractivity contribution in [1.29, 1.82) is 0 Å². The fourth-order valence-corrected chi connectivity index (χ4v) is 1.86. The highest BCUT2D eigenvalue weighted by Gasteiger charge is 2.08. The van der Waals surface area contributed by atoms with Crippen LogP contribution in [0.1, 0.15) is 28.7 Å². The summed E-state index contributed by atoms with van der Waals surface area (Å²) in [6, 6.07) is 10.2. The van der Waals surface area contributed by atoms with Gasteiger partial charge in [-0.2, -0.15) is 0 Å². The Labute approximate surface area is 95.3 Å². The van der Waals surface area contributed by atoms with E-state index in [0.717, 1.165) is 29.5 Å². The second-order valence-corrected chi connectivity index (χ2v) is 3.96. The Kier molecular flexibility index (Phi) is 2.91. The molecule has 0 unspecified atom stereocenters. The normalized spacial score (nSPS) is 10.4. The number of aldehydes is 1. The maximum Gasteiger partial charge on any atom is 0.166 e. The Morgan fingerprint density at radius 3 is 2.75 bits per heavy atom. The Morgan fingerprint density at radius 2 is 2.12 bits per heavy atom. The summed E-state index contributed by atoms with van der Waals surface area (Å²) in [5, 5.41) is 0. The van der Waals surface area contributed by atoms with Gasteiger partial charge in [-0.25, -0.2) is 0 Å². The molecule has 0 atom stereocenters. The number of hydrogen-bond donors (Lipinski definition) is 1. The Balaban J connectivity index is 2.54. The van der Waals surface area contributed by atoms with Crippen LogP contribution < -0.4 is 0 Å². The molecule has 0 aliphatic heterocycles. The lowest BCUT2D eigenvalue weighted by Crippen LogP contribution is -1.85. The number of carbonyl (C=O) groups excluding carboxylic acids is 1. The Bertz CT molecular complexity index is 511. The Morgan fingerprint density at radius 1 is 1.31 bits per heavy atom. The van der Waals surface area contributed by atoms with Crippen LogP contribution >= 0.6 is 0 Å². The monoisotopic (exact) mass is 213 g/mol. The van der Waals surface area contributed by atoms with Crippen molar-refractivity contribution >= 4 is 6.29 Å². The molecule has 16 heavy (non-hydrogen) atoms. The number of aromatic nitrogens is 1. The minimum absolute atomic E-state index is 0.669. The molecule has 0 aliphatic carbocycles. The molecule has 2 nitrogen and oxygen atoms in total. The third-order valence-corrected chi connectivity index (χ3v) is 2.73. The van der Waals surface area contributed by atoms with E-state index < -0.39 is 0 Å². The maximum absolute atomic E-state index is 11.0. The molecule has 0 amide bonds. The number of benzene rings is 1. The number of aryl methyl sites for hydroxylation is 2. The van der Waals surface area contributed by atoms with Crippen LogP contribution in [0.5, 0.6) is 0 Å². The number of aromatic amines is 1. The van der Waals surface area contributed by atoms with E-state index >= 15 is 0 Å². The van der Waals surface area contributed by atoms with Crippen molar-refractivity contribution < 1.29 is 4.79 Å². The summed E-state index contributed by atoms with van der Waals surface area (Å²) in [4.78, 5) is 14.1. The summed E-state index contributed by atoms with van der Waals surface area (Å²) < 4.78 is 0. The van der Waals surface area contributed by atoms with Crippen molar-refractivity contribution in [2.75, 3.05) is 0 Å². The molecule has 2 heteroatoms. The highest BCUT2D eigenvalue weighted by molar-refractivity contribution is 5.86. The van der Waals surface area contributed by atoms with E-state index in [1.54, 1.807) is 0 Å². The first kappa shape index (κ1) is 10.7. The molecule has 1 aromatic carbocycles. The smallest absolute Gasteiger partial charge is 0.166 e. The maximum atomic E-state index is 11.0. The molecule has 0 radical (unpaired) electrons. The zero-order valence-corrected chi connectivity index (χ0v) is 9.58. The van der Waals surface area contributed by atoms with Crippen molar-refractivity contribution in [2.24, 2.45) is 0 Å². The number of H-pyrrole nitrogens is 1. The molecule has 1 N–H and O–H groups in total. The summed E-state index contributed by atoms with van der Waals surface area (Å²) in [6.07, 6.45) is 1.80. The van der Waals surface area contributed by atoms with Gasteiger partial charge in [-0.1, -0.05) is 36.8 Å². The topological polar surface area (TPSA) is 32.9 Å². The van der Waals surface area contributed by atoms with Crippen molar-refractivity contribution in [1.82, 2.24) is 4.98 Å². The van der Waals surface area contributed by atoms with Crippen LogP contribution in [0, 0.1) is 6.92 Å². The second kappa shape index (κ2) is 4.35. The van der Waals surface area contributed by atoms with E-state index in [-0.39, 0.29) is 0 Å². The number of hydrogen-bond acceptors (Lipinski definition) is 1. The van der Waals surface area contributed by atoms with Crippen LogP contribution in [0.25, 0.3) is 11.1 Å². The van der Waals surface area contributed by atoms with E-state index in [2.05, 4.69) is 37.0 Å². The Hall–Kier alpha value is -1.83. The molecule has 0 spiro atoms. The predicted molar refractivity (Wildman–Crippen MR) is 65.7 cm³/mol. The van der Waals surface area contributed by atoms with E-state index in [1.165, 1.54) is 5.56 Å². The van der Waals surface area contributed by atoms with Gasteiger partial charge in [0.1, 0.15) is 0 Å². The zero-order valence-electron chi connectivity index (χ0n) is 9.58. The lowest BCUT2D eigenvalue weighted by molar-refractivity contribution is 0.112. The summed E-state index contributed by atoms with van der Waals surface area (Å²) in [7, 11) is 0. The molecule has 0 fully saturated rings. The lowest BCUT2D eigenvalue weighted by Gasteiger charge is -2.00. The number of rotatable bonds is 3. The molecule has 0 aliphatic rings. The van der Waals surface area contributed by atoms with Gasteiger partial charge in [0, 0.05) is 11.3 Å². The molecule has 2 aromatic rings. The third kappa shape index (κ3) is 1.91.